The Balaban J connectivity index is 2.47. The summed E-state index contributed by atoms with van der Waals surface area (Å²) in [5, 5.41) is 13.4. The Hall–Kier alpha value is -2.02. The average molecular weight is 282 g/mol. The maximum Gasteiger partial charge on any atom is 0.336 e. The molecule has 0 radical (unpaired) electrons. The fraction of sp³-hybridized carbons (Fsp3) is 0.250. The van der Waals surface area contributed by atoms with E-state index in [1.165, 1.54) is 24.9 Å². The summed E-state index contributed by atoms with van der Waals surface area (Å²) in [4.78, 5) is 33.7. The number of carbonyl (C=O) groups is 3. The molecule has 0 saturated heterocycles. The van der Waals surface area contributed by atoms with Gasteiger partial charge in [0.2, 0.25) is 5.91 Å². The third-order valence-electron chi connectivity index (χ3n) is 2.18. The van der Waals surface area contributed by atoms with Crippen molar-refractivity contribution in [3.63, 3.8) is 0 Å². The lowest BCUT2D eigenvalue weighted by Gasteiger charge is -2.05. The monoisotopic (exact) mass is 282 g/mol. The van der Waals surface area contributed by atoms with Gasteiger partial charge in [0.15, 0.2) is 0 Å². The molecule has 3 amide bonds. The summed E-state index contributed by atoms with van der Waals surface area (Å²) in [7, 11) is 1.42. The van der Waals surface area contributed by atoms with E-state index in [1.54, 1.807) is 18.2 Å². The van der Waals surface area contributed by atoms with Crippen molar-refractivity contribution in [2.24, 2.45) is 0 Å². The van der Waals surface area contributed by atoms with E-state index >= 15 is 0 Å². The average Bonchev–Trinajstić information content (AvgIpc) is 2.38. The molecule has 0 bridgehead atoms. The highest BCUT2D eigenvalue weighted by molar-refractivity contribution is 7.99. The molecule has 3 N–H and O–H groups in total. The van der Waals surface area contributed by atoms with E-state index in [4.69, 9.17) is 5.11 Å². The van der Waals surface area contributed by atoms with E-state index in [2.05, 4.69) is 10.6 Å². The van der Waals surface area contributed by atoms with Crippen molar-refractivity contribution in [2.75, 3.05) is 12.8 Å². The molecule has 102 valence electrons. The number of nitrogens with one attached hydrogen (secondary N) is 2. The molecule has 1 rings (SSSR count). The number of benzene rings is 1. The molecule has 0 unspecified atom stereocenters. The van der Waals surface area contributed by atoms with E-state index in [1.807, 2.05) is 0 Å². The number of aromatic carboxylic acids is 1. The van der Waals surface area contributed by atoms with Gasteiger partial charge in [-0.3, -0.25) is 10.1 Å². The summed E-state index contributed by atoms with van der Waals surface area (Å²) in [6.45, 7) is 0. The van der Waals surface area contributed by atoms with E-state index in [0.717, 1.165) is 0 Å². The van der Waals surface area contributed by atoms with Crippen LogP contribution in [0, 0.1) is 0 Å². The number of urea groups is 1. The van der Waals surface area contributed by atoms with Crippen LogP contribution < -0.4 is 10.6 Å². The zero-order valence-electron chi connectivity index (χ0n) is 10.3. The van der Waals surface area contributed by atoms with Crippen molar-refractivity contribution >= 4 is 29.7 Å². The van der Waals surface area contributed by atoms with Crippen LogP contribution >= 0.6 is 11.8 Å². The molecule has 1 aromatic rings. The van der Waals surface area contributed by atoms with Gasteiger partial charge in [-0.1, -0.05) is 12.1 Å². The van der Waals surface area contributed by atoms with Crippen molar-refractivity contribution in [1.29, 1.82) is 0 Å². The SMILES string of the molecule is CNC(=O)NC(=O)CCSc1ccccc1C(=O)O. The third kappa shape index (κ3) is 5.01. The number of hydrogen-bond acceptors (Lipinski definition) is 4. The van der Waals surface area contributed by atoms with Crippen LogP contribution in [0.4, 0.5) is 4.79 Å². The minimum Gasteiger partial charge on any atom is -0.478 e. The van der Waals surface area contributed by atoms with Crippen LogP contribution in [0.2, 0.25) is 0 Å². The maximum atomic E-state index is 11.3. The Morgan fingerprint density at radius 2 is 1.95 bits per heavy atom. The summed E-state index contributed by atoms with van der Waals surface area (Å²) < 4.78 is 0. The maximum absolute atomic E-state index is 11.3. The van der Waals surface area contributed by atoms with Crippen molar-refractivity contribution < 1.29 is 19.5 Å². The van der Waals surface area contributed by atoms with Crippen molar-refractivity contribution in [3.05, 3.63) is 29.8 Å². The molecule has 0 fully saturated rings. The van der Waals surface area contributed by atoms with Crippen LogP contribution in [0.5, 0.6) is 0 Å². The van der Waals surface area contributed by atoms with Crippen LogP contribution in [-0.4, -0.2) is 35.8 Å². The van der Waals surface area contributed by atoms with Gasteiger partial charge in [0.05, 0.1) is 5.56 Å². The highest BCUT2D eigenvalue weighted by atomic mass is 32.2. The van der Waals surface area contributed by atoms with Crippen LogP contribution in [0.15, 0.2) is 29.2 Å². The first-order valence-corrected chi connectivity index (χ1v) is 6.50. The van der Waals surface area contributed by atoms with Crippen LogP contribution in [0.1, 0.15) is 16.8 Å². The first kappa shape index (κ1) is 15.0. The second-order valence-electron chi connectivity index (χ2n) is 3.53. The highest BCUT2D eigenvalue weighted by Crippen LogP contribution is 2.23. The molecular weight excluding hydrogens is 268 g/mol. The Morgan fingerprint density at radius 1 is 1.26 bits per heavy atom. The van der Waals surface area contributed by atoms with Crippen LogP contribution in [-0.2, 0) is 4.79 Å². The van der Waals surface area contributed by atoms with Gasteiger partial charge in [0, 0.05) is 24.1 Å². The molecule has 0 atom stereocenters. The smallest absolute Gasteiger partial charge is 0.336 e. The molecular formula is C12H14N2O4S. The first-order valence-electron chi connectivity index (χ1n) is 5.51. The predicted octanol–water partition coefficient (Wildman–Crippen LogP) is 1.32. The van der Waals surface area contributed by atoms with Gasteiger partial charge in [-0.2, -0.15) is 0 Å². The first-order chi connectivity index (χ1) is 9.04. The fourth-order valence-electron chi connectivity index (χ4n) is 1.27. The number of carbonyl (C=O) groups excluding carboxylic acids is 2. The molecule has 0 aliphatic heterocycles. The fourth-order valence-corrected chi connectivity index (χ4v) is 2.27. The second-order valence-corrected chi connectivity index (χ2v) is 4.66. The summed E-state index contributed by atoms with van der Waals surface area (Å²) in [6.07, 6.45) is 0.131. The number of rotatable bonds is 5. The van der Waals surface area contributed by atoms with Crippen LogP contribution in [0.3, 0.4) is 0 Å². The molecule has 0 aromatic heterocycles. The molecule has 19 heavy (non-hydrogen) atoms. The van der Waals surface area contributed by atoms with Gasteiger partial charge < -0.3 is 10.4 Å². The van der Waals surface area contributed by atoms with Gasteiger partial charge in [-0.15, -0.1) is 11.8 Å². The zero-order valence-corrected chi connectivity index (χ0v) is 11.1. The zero-order chi connectivity index (χ0) is 14.3. The number of imide groups is 1. The van der Waals surface area contributed by atoms with E-state index in [-0.39, 0.29) is 12.0 Å². The molecule has 7 heteroatoms. The molecule has 0 spiro atoms. The number of thioether (sulfide) groups is 1. The van der Waals surface area contributed by atoms with E-state index in [0.29, 0.717) is 10.6 Å². The molecule has 0 heterocycles. The largest absolute Gasteiger partial charge is 0.478 e. The van der Waals surface area contributed by atoms with Gasteiger partial charge in [-0.05, 0) is 12.1 Å². The van der Waals surface area contributed by atoms with Crippen molar-refractivity contribution in [1.82, 2.24) is 10.6 Å². The Kier molecular flexibility index (Phi) is 5.87. The summed E-state index contributed by atoms with van der Waals surface area (Å²) in [6, 6.07) is 6.02. The summed E-state index contributed by atoms with van der Waals surface area (Å²) in [5.41, 5.74) is 0.208. The Morgan fingerprint density at radius 3 is 2.58 bits per heavy atom. The predicted molar refractivity (Wildman–Crippen MR) is 71.3 cm³/mol. The van der Waals surface area contributed by atoms with Crippen LogP contribution in [0.25, 0.3) is 0 Å². The minimum absolute atomic E-state index is 0.131. The summed E-state index contributed by atoms with van der Waals surface area (Å²) in [5.74, 6) is -1.01. The van der Waals surface area contributed by atoms with Gasteiger partial charge in [0.25, 0.3) is 0 Å². The highest BCUT2D eigenvalue weighted by Gasteiger charge is 2.10. The molecule has 0 aliphatic rings. The van der Waals surface area contributed by atoms with Crippen molar-refractivity contribution in [3.8, 4) is 0 Å². The molecule has 6 nitrogen and oxygen atoms in total. The Bertz CT molecular complexity index is 490. The lowest BCUT2D eigenvalue weighted by atomic mass is 10.2. The number of carboxylic acids is 1. The third-order valence-corrected chi connectivity index (χ3v) is 3.26. The normalized spacial score (nSPS) is 9.74. The number of amides is 3. The lowest BCUT2D eigenvalue weighted by Crippen LogP contribution is -2.37. The molecule has 1 aromatic carbocycles. The quantitative estimate of drug-likeness (QED) is 0.708. The summed E-state index contributed by atoms with van der Waals surface area (Å²) >= 11 is 1.27. The number of hydrogen-bond donors (Lipinski definition) is 3. The minimum atomic E-state index is -1.00. The topological polar surface area (TPSA) is 95.5 Å². The second kappa shape index (κ2) is 7.42. The standard InChI is InChI=1S/C12H14N2O4S/c1-13-12(18)14-10(15)6-7-19-9-5-3-2-4-8(9)11(16)17/h2-5H,6-7H2,1H3,(H,16,17)(H2,13,14,15,18). The number of carboxylic acid groups (broad SMARTS) is 1. The van der Waals surface area contributed by atoms with Crippen molar-refractivity contribution in [2.45, 2.75) is 11.3 Å². The van der Waals surface area contributed by atoms with E-state index < -0.39 is 17.9 Å². The van der Waals surface area contributed by atoms with Gasteiger partial charge in [-0.25, -0.2) is 9.59 Å². The Labute approximate surface area is 114 Å². The van der Waals surface area contributed by atoms with Gasteiger partial charge >= 0.3 is 12.0 Å². The molecule has 0 aliphatic carbocycles. The lowest BCUT2D eigenvalue weighted by molar-refractivity contribution is -0.119. The molecule has 0 saturated carbocycles. The van der Waals surface area contributed by atoms with E-state index in [9.17, 15) is 14.4 Å². The van der Waals surface area contributed by atoms with Gasteiger partial charge in [0.1, 0.15) is 0 Å².